The lowest BCUT2D eigenvalue weighted by atomic mass is 9.97. The van der Waals surface area contributed by atoms with E-state index < -0.39 is 0 Å². The highest BCUT2D eigenvalue weighted by atomic mass is 35.5. The smallest absolute Gasteiger partial charge is 0.0406 e. The molecule has 0 fully saturated rings. The SMILES string of the molecule is CC(C)SCCC(CN)Cc1ccc(Cl)cc1. The Kier molecular flexibility index (Phi) is 7.02. The zero-order valence-corrected chi connectivity index (χ0v) is 12.2. The van der Waals surface area contributed by atoms with Crippen molar-refractivity contribution in [2.24, 2.45) is 11.7 Å². The Labute approximate surface area is 114 Å². The van der Waals surface area contributed by atoms with Crippen molar-refractivity contribution in [2.75, 3.05) is 12.3 Å². The predicted molar refractivity (Wildman–Crippen MR) is 79.9 cm³/mol. The maximum absolute atomic E-state index is 5.87. The van der Waals surface area contributed by atoms with Gasteiger partial charge in [0.1, 0.15) is 0 Å². The van der Waals surface area contributed by atoms with Crippen molar-refractivity contribution in [3.63, 3.8) is 0 Å². The minimum Gasteiger partial charge on any atom is -0.330 e. The number of halogens is 1. The van der Waals surface area contributed by atoms with Crippen LogP contribution in [0.1, 0.15) is 25.8 Å². The van der Waals surface area contributed by atoms with Gasteiger partial charge in [0.15, 0.2) is 0 Å². The van der Waals surface area contributed by atoms with Crippen molar-refractivity contribution in [3.05, 3.63) is 34.9 Å². The number of hydrogen-bond acceptors (Lipinski definition) is 2. The molecule has 0 spiro atoms. The van der Waals surface area contributed by atoms with Gasteiger partial charge in [-0.15, -0.1) is 0 Å². The summed E-state index contributed by atoms with van der Waals surface area (Å²) in [5, 5.41) is 1.51. The van der Waals surface area contributed by atoms with E-state index in [2.05, 4.69) is 26.0 Å². The Morgan fingerprint density at radius 3 is 2.41 bits per heavy atom. The van der Waals surface area contributed by atoms with Crippen molar-refractivity contribution in [1.82, 2.24) is 0 Å². The standard InChI is InChI=1S/C14H22ClNS/c1-11(2)17-8-7-13(10-16)9-12-3-5-14(15)6-4-12/h3-6,11,13H,7-10,16H2,1-2H3. The first-order valence-electron chi connectivity index (χ1n) is 6.18. The molecule has 1 aromatic rings. The first-order valence-corrected chi connectivity index (χ1v) is 7.60. The number of rotatable bonds is 7. The van der Waals surface area contributed by atoms with Crippen LogP contribution in [0, 0.1) is 5.92 Å². The molecule has 0 bridgehead atoms. The summed E-state index contributed by atoms with van der Waals surface area (Å²) in [4.78, 5) is 0. The second-order valence-electron chi connectivity index (χ2n) is 4.64. The van der Waals surface area contributed by atoms with E-state index in [1.54, 1.807) is 0 Å². The number of hydrogen-bond donors (Lipinski definition) is 1. The van der Waals surface area contributed by atoms with Crippen molar-refractivity contribution in [3.8, 4) is 0 Å². The third kappa shape index (κ3) is 6.35. The van der Waals surface area contributed by atoms with Crippen LogP contribution in [0.25, 0.3) is 0 Å². The number of nitrogens with two attached hydrogens (primary N) is 1. The largest absolute Gasteiger partial charge is 0.330 e. The molecular weight excluding hydrogens is 250 g/mol. The van der Waals surface area contributed by atoms with Crippen LogP contribution >= 0.6 is 23.4 Å². The van der Waals surface area contributed by atoms with E-state index in [-0.39, 0.29) is 0 Å². The van der Waals surface area contributed by atoms with Gasteiger partial charge in [-0.25, -0.2) is 0 Å². The fourth-order valence-corrected chi connectivity index (χ4v) is 2.79. The molecule has 0 amide bonds. The van der Waals surface area contributed by atoms with Crippen molar-refractivity contribution < 1.29 is 0 Å². The normalized spacial score (nSPS) is 13.0. The molecule has 17 heavy (non-hydrogen) atoms. The zero-order valence-electron chi connectivity index (χ0n) is 10.7. The van der Waals surface area contributed by atoms with E-state index >= 15 is 0 Å². The lowest BCUT2D eigenvalue weighted by Crippen LogP contribution is -2.18. The van der Waals surface area contributed by atoms with Crippen LogP contribution in [-0.4, -0.2) is 17.5 Å². The van der Waals surface area contributed by atoms with Crippen LogP contribution < -0.4 is 5.73 Å². The van der Waals surface area contributed by atoms with E-state index in [1.807, 2.05) is 23.9 Å². The minimum atomic E-state index is 0.586. The highest BCUT2D eigenvalue weighted by Gasteiger charge is 2.08. The number of benzene rings is 1. The van der Waals surface area contributed by atoms with Crippen LogP contribution in [-0.2, 0) is 6.42 Å². The summed E-state index contributed by atoms with van der Waals surface area (Å²) < 4.78 is 0. The first-order chi connectivity index (χ1) is 8.11. The Morgan fingerprint density at radius 1 is 1.24 bits per heavy atom. The topological polar surface area (TPSA) is 26.0 Å². The zero-order chi connectivity index (χ0) is 12.7. The molecule has 1 aromatic carbocycles. The molecule has 2 N–H and O–H groups in total. The average Bonchev–Trinajstić information content (AvgIpc) is 2.30. The molecule has 0 aliphatic carbocycles. The van der Waals surface area contributed by atoms with E-state index in [4.69, 9.17) is 17.3 Å². The minimum absolute atomic E-state index is 0.586. The van der Waals surface area contributed by atoms with E-state index in [9.17, 15) is 0 Å². The Bertz CT molecular complexity index is 311. The molecule has 1 nitrogen and oxygen atoms in total. The number of thioether (sulfide) groups is 1. The van der Waals surface area contributed by atoms with E-state index in [1.165, 1.54) is 17.7 Å². The molecule has 0 saturated carbocycles. The molecule has 0 saturated heterocycles. The molecule has 1 rings (SSSR count). The Balaban J connectivity index is 2.38. The summed E-state index contributed by atoms with van der Waals surface area (Å²) in [5.74, 6) is 1.79. The molecule has 0 aliphatic rings. The fourth-order valence-electron chi connectivity index (χ4n) is 1.73. The molecule has 3 heteroatoms. The summed E-state index contributed by atoms with van der Waals surface area (Å²) in [6, 6.07) is 8.10. The molecule has 96 valence electrons. The van der Waals surface area contributed by atoms with Gasteiger partial charge >= 0.3 is 0 Å². The molecule has 1 unspecified atom stereocenters. The average molecular weight is 272 g/mol. The highest BCUT2D eigenvalue weighted by molar-refractivity contribution is 7.99. The van der Waals surface area contributed by atoms with Gasteiger partial charge in [0.05, 0.1) is 0 Å². The Morgan fingerprint density at radius 2 is 1.88 bits per heavy atom. The van der Waals surface area contributed by atoms with Crippen molar-refractivity contribution in [2.45, 2.75) is 31.9 Å². The molecule has 0 aliphatic heterocycles. The van der Waals surface area contributed by atoms with Crippen LogP contribution in [0.3, 0.4) is 0 Å². The second-order valence-corrected chi connectivity index (χ2v) is 6.76. The lowest BCUT2D eigenvalue weighted by molar-refractivity contribution is 0.523. The third-order valence-corrected chi connectivity index (χ3v) is 4.14. The maximum atomic E-state index is 5.87. The van der Waals surface area contributed by atoms with Gasteiger partial charge < -0.3 is 5.73 Å². The fraction of sp³-hybridized carbons (Fsp3) is 0.571. The molecule has 0 aromatic heterocycles. The van der Waals surface area contributed by atoms with Gasteiger partial charge in [-0.1, -0.05) is 37.6 Å². The van der Waals surface area contributed by atoms with Crippen LogP contribution in [0.4, 0.5) is 0 Å². The maximum Gasteiger partial charge on any atom is 0.0406 e. The van der Waals surface area contributed by atoms with Gasteiger partial charge in [-0.3, -0.25) is 0 Å². The van der Waals surface area contributed by atoms with Crippen LogP contribution in [0.2, 0.25) is 5.02 Å². The van der Waals surface area contributed by atoms with E-state index in [0.717, 1.165) is 18.0 Å². The van der Waals surface area contributed by atoms with Crippen molar-refractivity contribution in [1.29, 1.82) is 0 Å². The van der Waals surface area contributed by atoms with Crippen LogP contribution in [0.5, 0.6) is 0 Å². The van der Waals surface area contributed by atoms with E-state index in [0.29, 0.717) is 11.2 Å². The summed E-state index contributed by atoms with van der Waals surface area (Å²) in [6.07, 6.45) is 2.26. The molecule has 1 atom stereocenters. The summed E-state index contributed by atoms with van der Waals surface area (Å²) in [6.45, 7) is 5.24. The van der Waals surface area contributed by atoms with Gasteiger partial charge in [0.25, 0.3) is 0 Å². The quantitative estimate of drug-likeness (QED) is 0.812. The summed E-state index contributed by atoms with van der Waals surface area (Å²) in [5.41, 5.74) is 7.16. The second kappa shape index (κ2) is 8.02. The van der Waals surface area contributed by atoms with Gasteiger partial charge in [0, 0.05) is 5.02 Å². The summed E-state index contributed by atoms with van der Waals surface area (Å²) in [7, 11) is 0. The monoisotopic (exact) mass is 271 g/mol. The highest BCUT2D eigenvalue weighted by Crippen LogP contribution is 2.18. The van der Waals surface area contributed by atoms with Crippen LogP contribution in [0.15, 0.2) is 24.3 Å². The molecule has 0 radical (unpaired) electrons. The third-order valence-electron chi connectivity index (χ3n) is 2.75. The van der Waals surface area contributed by atoms with Crippen molar-refractivity contribution >= 4 is 23.4 Å². The van der Waals surface area contributed by atoms with Gasteiger partial charge in [-0.05, 0) is 54.0 Å². The lowest BCUT2D eigenvalue weighted by Gasteiger charge is -2.15. The van der Waals surface area contributed by atoms with Gasteiger partial charge in [0.2, 0.25) is 0 Å². The predicted octanol–water partition coefficient (Wildman–Crippen LogP) is 3.99. The Hall–Kier alpha value is -0.180. The molecular formula is C14H22ClNS. The first kappa shape index (κ1) is 14.9. The van der Waals surface area contributed by atoms with Gasteiger partial charge in [-0.2, -0.15) is 11.8 Å². The summed E-state index contributed by atoms with van der Waals surface area (Å²) >= 11 is 7.88. The molecule has 0 heterocycles.